The third-order valence-electron chi connectivity index (χ3n) is 4.18. The average Bonchev–Trinajstić information content (AvgIpc) is 2.71. The molecule has 2 aliphatic rings. The molecule has 0 saturated carbocycles. The zero-order chi connectivity index (χ0) is 14.0. The maximum Gasteiger partial charge on any atom is 0.125 e. The predicted molar refractivity (Wildman–Crippen MR) is 85.7 cm³/mol. The van der Waals surface area contributed by atoms with Crippen LogP contribution in [0.2, 0.25) is 0 Å². The fourth-order valence-electron chi connectivity index (χ4n) is 3.08. The van der Waals surface area contributed by atoms with Gasteiger partial charge in [-0.05, 0) is 19.9 Å². The van der Waals surface area contributed by atoms with Crippen molar-refractivity contribution in [3.63, 3.8) is 0 Å². The quantitative estimate of drug-likeness (QED) is 0.922. The van der Waals surface area contributed by atoms with E-state index >= 15 is 0 Å². The molecule has 0 spiro atoms. The molecule has 1 saturated heterocycles. The van der Waals surface area contributed by atoms with Crippen LogP contribution in [0.3, 0.4) is 0 Å². The monoisotopic (exact) mass is 292 g/mol. The summed E-state index contributed by atoms with van der Waals surface area (Å²) >= 11 is 2.07. The molecule has 4 heteroatoms. The first-order valence-electron chi connectivity index (χ1n) is 7.48. The molecule has 1 aromatic carbocycles. The summed E-state index contributed by atoms with van der Waals surface area (Å²) in [4.78, 5) is 2.55. The van der Waals surface area contributed by atoms with E-state index in [4.69, 9.17) is 4.74 Å². The third kappa shape index (κ3) is 2.97. The Morgan fingerprint density at radius 1 is 1.30 bits per heavy atom. The highest BCUT2D eigenvalue weighted by Crippen LogP contribution is 2.42. The highest BCUT2D eigenvalue weighted by molar-refractivity contribution is 7.99. The van der Waals surface area contributed by atoms with Crippen molar-refractivity contribution < 1.29 is 4.74 Å². The molecule has 0 bridgehead atoms. The Labute approximate surface area is 126 Å². The van der Waals surface area contributed by atoms with Gasteiger partial charge in [-0.15, -0.1) is 0 Å². The molecule has 3 nitrogen and oxygen atoms in total. The lowest BCUT2D eigenvalue weighted by atomic mass is 9.94. The Balaban J connectivity index is 1.58. The van der Waals surface area contributed by atoms with Gasteiger partial charge >= 0.3 is 0 Å². The van der Waals surface area contributed by atoms with Gasteiger partial charge in [-0.1, -0.05) is 18.2 Å². The second-order valence-electron chi connectivity index (χ2n) is 6.08. The van der Waals surface area contributed by atoms with Crippen molar-refractivity contribution in [1.29, 1.82) is 0 Å². The van der Waals surface area contributed by atoms with Crippen LogP contribution < -0.4 is 10.1 Å². The molecular formula is C16H24N2OS. The van der Waals surface area contributed by atoms with Gasteiger partial charge in [0.15, 0.2) is 0 Å². The lowest BCUT2D eigenvalue weighted by molar-refractivity contribution is 0.0951. The summed E-state index contributed by atoms with van der Waals surface area (Å²) in [6, 6.07) is 8.68. The summed E-state index contributed by atoms with van der Waals surface area (Å²) in [6.07, 6.45) is 0. The van der Waals surface area contributed by atoms with Gasteiger partial charge in [0.2, 0.25) is 0 Å². The fraction of sp³-hybridized carbons (Fsp3) is 0.625. The lowest BCUT2D eigenvalue weighted by Crippen LogP contribution is -2.43. The van der Waals surface area contributed by atoms with Crippen LogP contribution in [0.25, 0.3) is 0 Å². The highest BCUT2D eigenvalue weighted by atomic mass is 32.2. The topological polar surface area (TPSA) is 24.5 Å². The lowest BCUT2D eigenvalue weighted by Gasteiger charge is -2.30. The first-order valence-corrected chi connectivity index (χ1v) is 8.64. The number of benzene rings is 1. The first kappa shape index (κ1) is 14.2. The molecule has 1 atom stereocenters. The van der Waals surface area contributed by atoms with E-state index in [1.807, 2.05) is 6.07 Å². The summed E-state index contributed by atoms with van der Waals surface area (Å²) in [7, 11) is 0. The van der Waals surface area contributed by atoms with Gasteiger partial charge in [-0.3, -0.25) is 0 Å². The van der Waals surface area contributed by atoms with Gasteiger partial charge in [-0.2, -0.15) is 11.8 Å². The normalized spacial score (nSPS) is 25.2. The summed E-state index contributed by atoms with van der Waals surface area (Å²) in [6.45, 7) is 8.96. The molecule has 0 radical (unpaired) electrons. The van der Waals surface area contributed by atoms with Crippen LogP contribution in [0.15, 0.2) is 24.3 Å². The molecule has 0 amide bonds. The van der Waals surface area contributed by atoms with Gasteiger partial charge in [0.1, 0.15) is 11.4 Å². The Morgan fingerprint density at radius 2 is 2.05 bits per heavy atom. The van der Waals surface area contributed by atoms with E-state index in [9.17, 15) is 0 Å². The molecule has 110 valence electrons. The van der Waals surface area contributed by atoms with Gasteiger partial charge < -0.3 is 15.0 Å². The number of thioether (sulfide) groups is 1. The van der Waals surface area contributed by atoms with E-state index in [-0.39, 0.29) is 11.6 Å². The third-order valence-corrected chi connectivity index (χ3v) is 5.12. The second-order valence-corrected chi connectivity index (χ2v) is 7.31. The second kappa shape index (κ2) is 5.96. The molecule has 3 rings (SSSR count). The fourth-order valence-corrected chi connectivity index (χ4v) is 4.06. The van der Waals surface area contributed by atoms with Crippen LogP contribution in [-0.4, -0.2) is 48.2 Å². The van der Waals surface area contributed by atoms with Crippen LogP contribution in [0, 0.1) is 0 Å². The van der Waals surface area contributed by atoms with E-state index in [0.717, 1.165) is 18.8 Å². The van der Waals surface area contributed by atoms with Gasteiger partial charge in [-0.25, -0.2) is 0 Å². The molecule has 1 fully saturated rings. The summed E-state index contributed by atoms with van der Waals surface area (Å²) in [5.74, 6) is 3.59. The van der Waals surface area contributed by atoms with Crippen molar-refractivity contribution in [1.82, 2.24) is 10.2 Å². The van der Waals surface area contributed by atoms with Crippen molar-refractivity contribution in [3.05, 3.63) is 29.8 Å². The minimum absolute atomic E-state index is 0.165. The van der Waals surface area contributed by atoms with Gasteiger partial charge in [0, 0.05) is 43.2 Å². The highest BCUT2D eigenvalue weighted by Gasteiger charge is 2.40. The average molecular weight is 292 g/mol. The number of hydrogen-bond acceptors (Lipinski definition) is 4. The number of nitrogens with one attached hydrogen (secondary N) is 1. The summed E-state index contributed by atoms with van der Waals surface area (Å²) < 4.78 is 6.07. The van der Waals surface area contributed by atoms with E-state index in [1.165, 1.54) is 30.2 Å². The molecular weight excluding hydrogens is 268 g/mol. The summed E-state index contributed by atoms with van der Waals surface area (Å²) in [5, 5.41) is 3.70. The molecule has 1 unspecified atom stereocenters. The van der Waals surface area contributed by atoms with Crippen molar-refractivity contribution in [2.45, 2.75) is 25.5 Å². The van der Waals surface area contributed by atoms with Crippen molar-refractivity contribution >= 4 is 11.8 Å². The van der Waals surface area contributed by atoms with Crippen LogP contribution in [0.1, 0.15) is 25.5 Å². The Bertz CT molecular complexity index is 458. The van der Waals surface area contributed by atoms with Crippen molar-refractivity contribution in [2.24, 2.45) is 0 Å². The Kier molecular flexibility index (Phi) is 4.24. The summed E-state index contributed by atoms with van der Waals surface area (Å²) in [5.41, 5.74) is 1.13. The maximum atomic E-state index is 6.07. The SMILES string of the molecule is CC1(C)Oc2ccccc2C1NCCN1CCSCC1. The molecule has 2 heterocycles. The van der Waals surface area contributed by atoms with Crippen LogP contribution in [0.5, 0.6) is 5.75 Å². The molecule has 2 aliphatic heterocycles. The first-order chi connectivity index (χ1) is 9.67. The zero-order valence-electron chi connectivity index (χ0n) is 12.4. The van der Waals surface area contributed by atoms with Crippen molar-refractivity contribution in [3.8, 4) is 5.75 Å². The van der Waals surface area contributed by atoms with E-state index in [2.05, 4.69) is 54.0 Å². The van der Waals surface area contributed by atoms with E-state index in [1.54, 1.807) is 0 Å². The Hall–Kier alpha value is -0.710. The molecule has 0 aromatic heterocycles. The Morgan fingerprint density at radius 3 is 2.85 bits per heavy atom. The van der Waals surface area contributed by atoms with Gasteiger partial charge in [0.25, 0.3) is 0 Å². The largest absolute Gasteiger partial charge is 0.486 e. The van der Waals surface area contributed by atoms with E-state index < -0.39 is 0 Å². The standard InChI is InChI=1S/C16H24N2OS/c1-16(2)15(13-5-3-4-6-14(13)19-16)17-7-8-18-9-11-20-12-10-18/h3-6,15,17H,7-12H2,1-2H3. The van der Waals surface area contributed by atoms with Gasteiger partial charge in [0.05, 0.1) is 6.04 Å². The van der Waals surface area contributed by atoms with Crippen LogP contribution in [-0.2, 0) is 0 Å². The molecule has 1 N–H and O–H groups in total. The van der Waals surface area contributed by atoms with Crippen LogP contribution >= 0.6 is 11.8 Å². The maximum absolute atomic E-state index is 6.07. The van der Waals surface area contributed by atoms with Crippen LogP contribution in [0.4, 0.5) is 0 Å². The zero-order valence-corrected chi connectivity index (χ0v) is 13.2. The van der Waals surface area contributed by atoms with Crippen molar-refractivity contribution in [2.75, 3.05) is 37.7 Å². The number of fused-ring (bicyclic) bond motifs is 1. The minimum Gasteiger partial charge on any atom is -0.486 e. The smallest absolute Gasteiger partial charge is 0.125 e. The van der Waals surface area contributed by atoms with E-state index in [0.29, 0.717) is 0 Å². The minimum atomic E-state index is -0.165. The number of rotatable bonds is 4. The molecule has 20 heavy (non-hydrogen) atoms. The molecule has 0 aliphatic carbocycles. The predicted octanol–water partition coefficient (Wildman–Crippen LogP) is 2.54. The number of para-hydroxylation sites is 1. The number of nitrogens with zero attached hydrogens (tertiary/aromatic N) is 1. The molecule has 1 aromatic rings. The number of ether oxygens (including phenoxy) is 1. The number of hydrogen-bond donors (Lipinski definition) is 1.